The summed E-state index contributed by atoms with van der Waals surface area (Å²) in [5.74, 6) is 6.07. The Balaban J connectivity index is 1.57. The molecule has 1 fully saturated rings. The van der Waals surface area contributed by atoms with Crippen molar-refractivity contribution >= 4 is 22.9 Å². The van der Waals surface area contributed by atoms with Gasteiger partial charge in [-0.2, -0.15) is 9.97 Å². The number of nitrogens with one attached hydrogen (secondary N) is 1. The molecule has 5 rings (SSSR count). The van der Waals surface area contributed by atoms with Crippen molar-refractivity contribution in [1.82, 2.24) is 24.8 Å². The van der Waals surface area contributed by atoms with E-state index < -0.39 is 0 Å². The molecule has 37 heavy (non-hydrogen) atoms. The fourth-order valence-electron chi connectivity index (χ4n) is 5.24. The number of benzene rings is 2. The zero-order valence-corrected chi connectivity index (χ0v) is 20.9. The van der Waals surface area contributed by atoms with E-state index in [1.54, 1.807) is 12.4 Å². The van der Waals surface area contributed by atoms with Gasteiger partial charge >= 0.3 is 0 Å². The van der Waals surface area contributed by atoms with Crippen molar-refractivity contribution in [3.8, 4) is 0 Å². The van der Waals surface area contributed by atoms with Crippen LogP contribution in [0.2, 0.25) is 0 Å². The van der Waals surface area contributed by atoms with Gasteiger partial charge in [-0.05, 0) is 48.2 Å². The second-order valence-corrected chi connectivity index (χ2v) is 9.22. The number of rotatable bonds is 7. The molecule has 1 aliphatic rings. The number of fused-ring (bicyclic) bond motifs is 1. The molecule has 0 amide bonds. The highest BCUT2D eigenvalue weighted by Gasteiger charge is 2.38. The Bertz CT molecular complexity index is 1300. The summed E-state index contributed by atoms with van der Waals surface area (Å²) in [6.07, 6.45) is 4.95. The van der Waals surface area contributed by atoms with E-state index in [1.807, 2.05) is 24.3 Å². The van der Waals surface area contributed by atoms with Crippen LogP contribution in [0.4, 0.5) is 20.5 Å². The van der Waals surface area contributed by atoms with Gasteiger partial charge in [0.1, 0.15) is 11.6 Å². The zero-order chi connectivity index (χ0) is 25.9. The summed E-state index contributed by atoms with van der Waals surface area (Å²) in [5.41, 5.74) is 5.56. The number of anilines is 2. The van der Waals surface area contributed by atoms with Crippen LogP contribution in [0.1, 0.15) is 43.9 Å². The lowest BCUT2D eigenvalue weighted by atomic mass is 9.91. The normalized spacial score (nSPS) is 18.5. The SMILES string of the molecule is CC[C@H]1CN(C(c2ccc(F)cc2)c2ccc(F)cc2)[C@H](CC)CN1c1nc(NN)nc2nccnc12. The van der Waals surface area contributed by atoms with E-state index in [4.69, 9.17) is 5.84 Å². The predicted octanol–water partition coefficient (Wildman–Crippen LogP) is 4.45. The number of halogens is 2. The third-order valence-corrected chi connectivity index (χ3v) is 7.10. The third-order valence-electron chi connectivity index (χ3n) is 7.10. The van der Waals surface area contributed by atoms with E-state index in [1.165, 1.54) is 24.3 Å². The van der Waals surface area contributed by atoms with E-state index >= 15 is 0 Å². The van der Waals surface area contributed by atoms with Gasteiger partial charge in [0.05, 0.1) is 6.04 Å². The fourth-order valence-corrected chi connectivity index (χ4v) is 5.24. The lowest BCUT2D eigenvalue weighted by Gasteiger charge is -2.50. The minimum atomic E-state index is -0.286. The summed E-state index contributed by atoms with van der Waals surface area (Å²) in [7, 11) is 0. The first-order chi connectivity index (χ1) is 18.0. The van der Waals surface area contributed by atoms with E-state index in [-0.39, 0.29) is 35.7 Å². The molecule has 3 N–H and O–H groups in total. The molecule has 0 unspecified atom stereocenters. The maximum absolute atomic E-state index is 13.8. The molecule has 3 heterocycles. The first-order valence-corrected chi connectivity index (χ1v) is 12.5. The molecule has 0 aliphatic carbocycles. The lowest BCUT2D eigenvalue weighted by Crippen LogP contribution is -2.59. The second kappa shape index (κ2) is 10.7. The van der Waals surface area contributed by atoms with Crippen LogP contribution in [-0.2, 0) is 0 Å². The molecule has 1 aliphatic heterocycles. The van der Waals surface area contributed by atoms with Gasteiger partial charge in [0.25, 0.3) is 0 Å². The van der Waals surface area contributed by atoms with Crippen molar-refractivity contribution < 1.29 is 8.78 Å². The number of hydrogen-bond acceptors (Lipinski definition) is 8. The molecule has 2 aromatic heterocycles. The van der Waals surface area contributed by atoms with Crippen LogP contribution in [-0.4, -0.2) is 50.0 Å². The van der Waals surface area contributed by atoms with Crippen LogP contribution >= 0.6 is 0 Å². The Morgan fingerprint density at radius 3 is 2.03 bits per heavy atom. The average molecular weight is 505 g/mol. The summed E-state index contributed by atoms with van der Waals surface area (Å²) in [5, 5.41) is 0. The Labute approximate surface area is 214 Å². The summed E-state index contributed by atoms with van der Waals surface area (Å²) >= 11 is 0. The molecular weight excluding hydrogens is 474 g/mol. The van der Waals surface area contributed by atoms with Gasteiger partial charge in [-0.1, -0.05) is 38.1 Å². The summed E-state index contributed by atoms with van der Waals surface area (Å²) < 4.78 is 27.7. The summed E-state index contributed by atoms with van der Waals surface area (Å²) in [4.78, 5) is 22.7. The van der Waals surface area contributed by atoms with Crippen molar-refractivity contribution in [3.63, 3.8) is 0 Å². The van der Waals surface area contributed by atoms with Gasteiger partial charge in [0.15, 0.2) is 17.0 Å². The van der Waals surface area contributed by atoms with Crippen LogP contribution in [0.15, 0.2) is 60.9 Å². The van der Waals surface area contributed by atoms with Crippen molar-refractivity contribution in [2.45, 2.75) is 44.8 Å². The number of nitrogens with two attached hydrogens (primary N) is 1. The van der Waals surface area contributed by atoms with Gasteiger partial charge in [-0.15, -0.1) is 0 Å². The quantitative estimate of drug-likeness (QED) is 0.282. The van der Waals surface area contributed by atoms with Gasteiger partial charge in [-0.25, -0.2) is 24.6 Å². The first kappa shape index (κ1) is 24.9. The van der Waals surface area contributed by atoms with Gasteiger partial charge in [0.2, 0.25) is 5.95 Å². The highest BCUT2D eigenvalue weighted by Crippen LogP contribution is 2.37. The molecule has 2 aromatic carbocycles. The topological polar surface area (TPSA) is 96.1 Å². The van der Waals surface area contributed by atoms with E-state index in [2.05, 4.69) is 49.0 Å². The van der Waals surface area contributed by atoms with E-state index in [0.717, 1.165) is 24.0 Å². The predicted molar refractivity (Wildman–Crippen MR) is 140 cm³/mol. The lowest BCUT2D eigenvalue weighted by molar-refractivity contribution is 0.110. The Hall–Kier alpha value is -3.76. The van der Waals surface area contributed by atoms with Crippen LogP contribution in [0.3, 0.4) is 0 Å². The standard InChI is InChI=1S/C27H30F2N8/c1-3-21-16-37(26-23-25(32-14-13-31-23)33-27(34-26)35-30)22(4-2)15-36(21)24(17-5-9-19(28)10-6-17)18-7-11-20(29)12-8-18/h5-14,21-22,24H,3-4,15-16,30H2,1-2H3,(H,32,33,34,35)/t21-,22+/m1/s1. The second-order valence-electron chi connectivity index (χ2n) is 9.22. The number of nitrogens with zero attached hydrogens (tertiary/aromatic N) is 6. The molecule has 8 nitrogen and oxygen atoms in total. The van der Waals surface area contributed by atoms with Gasteiger partial charge in [-0.3, -0.25) is 10.3 Å². The van der Waals surface area contributed by atoms with Crippen molar-refractivity contribution in [2.75, 3.05) is 23.4 Å². The smallest absolute Gasteiger partial charge is 0.241 e. The number of hydrazine groups is 1. The Kier molecular flexibility index (Phi) is 7.20. The van der Waals surface area contributed by atoms with Gasteiger partial charge in [0, 0.05) is 37.6 Å². The van der Waals surface area contributed by atoms with Crippen molar-refractivity contribution in [3.05, 3.63) is 83.7 Å². The molecule has 192 valence electrons. The maximum Gasteiger partial charge on any atom is 0.241 e. The molecule has 0 radical (unpaired) electrons. The zero-order valence-electron chi connectivity index (χ0n) is 20.9. The van der Waals surface area contributed by atoms with Crippen LogP contribution in [0, 0.1) is 11.6 Å². The van der Waals surface area contributed by atoms with Crippen molar-refractivity contribution in [2.24, 2.45) is 5.84 Å². The van der Waals surface area contributed by atoms with Crippen LogP contribution < -0.4 is 16.2 Å². The Morgan fingerprint density at radius 1 is 0.865 bits per heavy atom. The summed E-state index contributed by atoms with van der Waals surface area (Å²) in [6.45, 7) is 5.69. The van der Waals surface area contributed by atoms with Crippen LogP contribution in [0.5, 0.6) is 0 Å². The monoisotopic (exact) mass is 504 g/mol. The van der Waals surface area contributed by atoms with E-state index in [0.29, 0.717) is 30.1 Å². The molecule has 1 saturated heterocycles. The highest BCUT2D eigenvalue weighted by atomic mass is 19.1. The molecule has 0 saturated carbocycles. The Morgan fingerprint density at radius 2 is 1.46 bits per heavy atom. The number of piperazine rings is 1. The molecule has 4 aromatic rings. The minimum absolute atomic E-state index is 0.0944. The van der Waals surface area contributed by atoms with Crippen LogP contribution in [0.25, 0.3) is 11.2 Å². The molecule has 10 heteroatoms. The highest BCUT2D eigenvalue weighted by molar-refractivity contribution is 5.84. The van der Waals surface area contributed by atoms with E-state index in [9.17, 15) is 8.78 Å². The molecule has 0 bridgehead atoms. The maximum atomic E-state index is 13.8. The first-order valence-electron chi connectivity index (χ1n) is 12.5. The summed E-state index contributed by atoms with van der Waals surface area (Å²) in [6, 6.07) is 13.2. The number of nitrogen functional groups attached to an aromatic ring is 1. The number of aromatic nitrogens is 4. The number of hydrogen-bond donors (Lipinski definition) is 2. The van der Waals surface area contributed by atoms with Gasteiger partial charge < -0.3 is 4.90 Å². The molecule has 2 atom stereocenters. The molecule has 0 spiro atoms. The average Bonchev–Trinajstić information content (AvgIpc) is 2.94. The minimum Gasteiger partial charge on any atom is -0.349 e. The third kappa shape index (κ3) is 4.94. The molecular formula is C27H30F2N8. The largest absolute Gasteiger partial charge is 0.349 e. The van der Waals surface area contributed by atoms with Crippen molar-refractivity contribution in [1.29, 1.82) is 0 Å². The fraction of sp³-hybridized carbons (Fsp3) is 0.333.